The Morgan fingerprint density at radius 1 is 1.36 bits per heavy atom. The topological polar surface area (TPSA) is 46.6 Å². The van der Waals surface area contributed by atoms with Gasteiger partial charge in [-0.3, -0.25) is 14.5 Å². The Morgan fingerprint density at radius 3 is 2.77 bits per heavy atom. The summed E-state index contributed by atoms with van der Waals surface area (Å²) < 4.78 is 5.06. The van der Waals surface area contributed by atoms with E-state index in [-0.39, 0.29) is 17.9 Å². The maximum absolute atomic E-state index is 12.4. The number of piperidine rings is 1. The number of carbonyl (C=O) groups is 2. The summed E-state index contributed by atoms with van der Waals surface area (Å²) in [4.78, 5) is 26.9. The van der Waals surface area contributed by atoms with Crippen LogP contribution < -0.4 is 0 Å². The minimum Gasteiger partial charge on any atom is -0.469 e. The molecule has 1 aromatic rings. The molecular weight excluding hydrogens is 278 g/mol. The number of methoxy groups -OCH3 is 1. The average Bonchev–Trinajstić information content (AvgIpc) is 2.55. The van der Waals surface area contributed by atoms with Crippen LogP contribution in [-0.2, 0) is 20.9 Å². The summed E-state index contributed by atoms with van der Waals surface area (Å²) in [6.45, 7) is 3.56. The van der Waals surface area contributed by atoms with Crippen LogP contribution in [0.4, 0.5) is 0 Å². The molecule has 0 radical (unpaired) electrons. The number of esters is 1. The van der Waals surface area contributed by atoms with Gasteiger partial charge in [0.25, 0.3) is 0 Å². The largest absolute Gasteiger partial charge is 0.469 e. The van der Waals surface area contributed by atoms with Crippen molar-refractivity contribution in [1.29, 1.82) is 0 Å². The molecule has 2 bridgehead atoms. The molecule has 118 valence electrons. The number of Topliss-reactive ketones (excluding diaryl/α,β-unsaturated/α-hetero) is 1. The van der Waals surface area contributed by atoms with Crippen LogP contribution in [0.25, 0.3) is 0 Å². The van der Waals surface area contributed by atoms with Gasteiger partial charge in [0.05, 0.1) is 12.5 Å². The zero-order valence-corrected chi connectivity index (χ0v) is 13.2. The first-order valence-corrected chi connectivity index (χ1v) is 7.95. The molecule has 1 saturated carbocycles. The number of nitrogens with zero attached hydrogens (tertiary/aromatic N) is 1. The van der Waals surface area contributed by atoms with Gasteiger partial charge in [-0.25, -0.2) is 0 Å². The minimum atomic E-state index is -0.505. The third-order valence-corrected chi connectivity index (χ3v) is 5.39. The molecule has 22 heavy (non-hydrogen) atoms. The molecule has 0 N–H and O–H groups in total. The fourth-order valence-electron chi connectivity index (χ4n) is 4.04. The van der Waals surface area contributed by atoms with Crippen LogP contribution in [0.1, 0.15) is 31.7 Å². The normalized spacial score (nSPS) is 31.8. The highest BCUT2D eigenvalue weighted by molar-refractivity contribution is 5.87. The number of rotatable bonds is 3. The molecule has 0 spiro atoms. The van der Waals surface area contributed by atoms with Crippen molar-refractivity contribution in [2.45, 2.75) is 38.8 Å². The average molecular weight is 301 g/mol. The minimum absolute atomic E-state index is 0.0506. The zero-order chi connectivity index (χ0) is 15.7. The highest BCUT2D eigenvalue weighted by Gasteiger charge is 2.53. The summed E-state index contributed by atoms with van der Waals surface area (Å²) in [5.74, 6) is 0.0880. The van der Waals surface area contributed by atoms with Gasteiger partial charge in [-0.1, -0.05) is 30.3 Å². The van der Waals surface area contributed by atoms with E-state index in [4.69, 9.17) is 4.74 Å². The van der Waals surface area contributed by atoms with Crippen molar-refractivity contribution >= 4 is 11.8 Å². The summed E-state index contributed by atoms with van der Waals surface area (Å²) in [7, 11) is 1.45. The highest BCUT2D eigenvalue weighted by atomic mass is 16.5. The van der Waals surface area contributed by atoms with Crippen molar-refractivity contribution in [2.24, 2.45) is 11.3 Å². The maximum atomic E-state index is 12.4. The van der Waals surface area contributed by atoms with Crippen LogP contribution in [0.5, 0.6) is 0 Å². The maximum Gasteiger partial charge on any atom is 0.313 e. The molecule has 4 heteroatoms. The Kier molecular flexibility index (Phi) is 4.04. The lowest BCUT2D eigenvalue weighted by molar-refractivity contribution is -0.166. The molecule has 3 atom stereocenters. The van der Waals surface area contributed by atoms with Crippen molar-refractivity contribution in [3.8, 4) is 0 Å². The number of fused-ring (bicyclic) bond motifs is 2. The van der Waals surface area contributed by atoms with Crippen molar-refractivity contribution < 1.29 is 14.3 Å². The van der Waals surface area contributed by atoms with E-state index in [1.54, 1.807) is 0 Å². The number of hydrogen-bond donors (Lipinski definition) is 0. The second-order valence-electron chi connectivity index (χ2n) is 6.68. The highest BCUT2D eigenvalue weighted by Crippen LogP contribution is 2.46. The van der Waals surface area contributed by atoms with Gasteiger partial charge in [0, 0.05) is 31.5 Å². The van der Waals surface area contributed by atoms with Crippen LogP contribution in [0.15, 0.2) is 30.3 Å². The Balaban J connectivity index is 1.87. The summed E-state index contributed by atoms with van der Waals surface area (Å²) >= 11 is 0. The van der Waals surface area contributed by atoms with Crippen LogP contribution in [0, 0.1) is 11.3 Å². The van der Waals surface area contributed by atoms with Crippen molar-refractivity contribution in [3.63, 3.8) is 0 Å². The summed E-state index contributed by atoms with van der Waals surface area (Å²) in [6.07, 6.45) is 1.77. The molecule has 1 aromatic carbocycles. The van der Waals surface area contributed by atoms with E-state index in [9.17, 15) is 9.59 Å². The van der Waals surface area contributed by atoms with E-state index in [0.29, 0.717) is 31.6 Å². The number of benzene rings is 1. The van der Waals surface area contributed by atoms with Gasteiger partial charge in [-0.2, -0.15) is 0 Å². The van der Waals surface area contributed by atoms with Crippen molar-refractivity contribution in [1.82, 2.24) is 4.90 Å². The molecule has 1 aliphatic heterocycles. The molecule has 3 rings (SSSR count). The molecular formula is C18H23NO3. The number of likely N-dealkylation sites (tertiary alicyclic amines) is 1. The van der Waals surface area contributed by atoms with Crippen molar-refractivity contribution in [2.75, 3.05) is 13.7 Å². The Bertz CT molecular complexity index is 571. The van der Waals surface area contributed by atoms with Crippen LogP contribution in [-0.4, -0.2) is 36.3 Å². The first-order chi connectivity index (χ1) is 10.6. The first-order valence-electron chi connectivity index (χ1n) is 7.95. The first kappa shape index (κ1) is 15.2. The van der Waals surface area contributed by atoms with E-state index in [0.717, 1.165) is 6.54 Å². The van der Waals surface area contributed by atoms with E-state index < -0.39 is 5.41 Å². The molecule has 0 amide bonds. The zero-order valence-electron chi connectivity index (χ0n) is 13.2. The lowest BCUT2D eigenvalue weighted by atomic mass is 9.63. The van der Waals surface area contributed by atoms with Gasteiger partial charge in [0.1, 0.15) is 5.78 Å². The number of hydrogen-bond acceptors (Lipinski definition) is 4. The molecule has 2 aliphatic rings. The van der Waals surface area contributed by atoms with Gasteiger partial charge < -0.3 is 4.74 Å². The SMILES string of the molecule is COC(=O)[C@]12CCC(=O)[C@H](C1)[C@@H](C)N(Cc1ccccc1)C2. The standard InChI is InChI=1S/C18H23NO3/c1-13-15-10-18(17(21)22-2,9-8-16(15)20)12-19(13)11-14-6-4-3-5-7-14/h3-7,13,15H,8-12H2,1-2H3/t13-,15-,18-/m1/s1. The summed E-state index contributed by atoms with van der Waals surface area (Å²) in [5, 5.41) is 0. The monoisotopic (exact) mass is 301 g/mol. The molecule has 0 aromatic heterocycles. The third kappa shape index (κ3) is 2.56. The number of ketones is 1. The van der Waals surface area contributed by atoms with Gasteiger partial charge in [0.2, 0.25) is 0 Å². The molecule has 1 heterocycles. The Labute approximate surface area is 131 Å². The quantitative estimate of drug-likeness (QED) is 0.804. The van der Waals surface area contributed by atoms with Gasteiger partial charge in [-0.15, -0.1) is 0 Å². The number of ether oxygens (including phenoxy) is 1. The van der Waals surface area contributed by atoms with Gasteiger partial charge >= 0.3 is 5.97 Å². The second kappa shape index (κ2) is 5.84. The Morgan fingerprint density at radius 2 is 2.09 bits per heavy atom. The summed E-state index contributed by atoms with van der Waals surface area (Å²) in [6, 6.07) is 10.4. The lowest BCUT2D eigenvalue weighted by Crippen LogP contribution is -2.59. The van der Waals surface area contributed by atoms with Gasteiger partial charge in [-0.05, 0) is 25.3 Å². The number of carbonyl (C=O) groups excluding carboxylic acids is 2. The van der Waals surface area contributed by atoms with E-state index in [1.807, 2.05) is 18.2 Å². The van der Waals surface area contributed by atoms with Crippen LogP contribution in [0.2, 0.25) is 0 Å². The Hall–Kier alpha value is -1.68. The smallest absolute Gasteiger partial charge is 0.313 e. The van der Waals surface area contributed by atoms with Crippen LogP contribution in [0.3, 0.4) is 0 Å². The molecule has 1 saturated heterocycles. The molecule has 1 aliphatic carbocycles. The van der Waals surface area contributed by atoms with E-state index in [2.05, 4.69) is 24.0 Å². The second-order valence-corrected chi connectivity index (χ2v) is 6.68. The van der Waals surface area contributed by atoms with Crippen molar-refractivity contribution in [3.05, 3.63) is 35.9 Å². The molecule has 2 fully saturated rings. The fourth-order valence-corrected chi connectivity index (χ4v) is 4.04. The summed E-state index contributed by atoms with van der Waals surface area (Å²) in [5.41, 5.74) is 0.705. The predicted octanol–water partition coefficient (Wildman–Crippen LogP) is 2.42. The predicted molar refractivity (Wildman–Crippen MR) is 83.1 cm³/mol. The van der Waals surface area contributed by atoms with E-state index in [1.165, 1.54) is 12.7 Å². The third-order valence-electron chi connectivity index (χ3n) is 5.39. The van der Waals surface area contributed by atoms with Crippen LogP contribution >= 0.6 is 0 Å². The molecule has 4 nitrogen and oxygen atoms in total. The lowest BCUT2D eigenvalue weighted by Gasteiger charge is -2.50. The van der Waals surface area contributed by atoms with E-state index >= 15 is 0 Å². The van der Waals surface area contributed by atoms with Gasteiger partial charge in [0.15, 0.2) is 0 Å². The molecule has 0 unspecified atom stereocenters. The fraction of sp³-hybridized carbons (Fsp3) is 0.556.